The summed E-state index contributed by atoms with van der Waals surface area (Å²) in [6, 6.07) is 11.6. The van der Waals surface area contributed by atoms with Crippen LogP contribution in [0.4, 0.5) is 5.69 Å². The van der Waals surface area contributed by atoms with Gasteiger partial charge >= 0.3 is 0 Å². The maximum Gasteiger partial charge on any atom is 0.283 e. The van der Waals surface area contributed by atoms with Gasteiger partial charge in [0.2, 0.25) is 0 Å². The number of imidazole rings is 1. The van der Waals surface area contributed by atoms with E-state index in [4.69, 9.17) is 23.2 Å². The van der Waals surface area contributed by atoms with Gasteiger partial charge in [-0.3, -0.25) is 9.10 Å². The van der Waals surface area contributed by atoms with Crippen molar-refractivity contribution < 1.29 is 13.2 Å². The molecule has 0 radical (unpaired) electrons. The Kier molecular flexibility index (Phi) is 6.97. The summed E-state index contributed by atoms with van der Waals surface area (Å²) >= 11 is 12.2. The number of sulfonamides is 1. The SMILES string of the molecule is Cn1cnc(S(=O)(=O)N(Cc2ccc(Cl)c(Cl)c2)c2ccc(C(=O)N3CCCCC3)cc2)c1. The zero-order valence-electron chi connectivity index (χ0n) is 18.1. The van der Waals surface area contributed by atoms with Gasteiger partial charge in [-0.15, -0.1) is 0 Å². The van der Waals surface area contributed by atoms with E-state index in [-0.39, 0.29) is 17.5 Å². The number of carbonyl (C=O) groups excluding carboxylic acids is 1. The Morgan fingerprint density at radius 1 is 1.03 bits per heavy atom. The number of hydrogen-bond donors (Lipinski definition) is 0. The topological polar surface area (TPSA) is 75.5 Å². The lowest BCUT2D eigenvalue weighted by Gasteiger charge is -2.27. The second-order valence-corrected chi connectivity index (χ2v) is 10.7. The third-order valence-electron chi connectivity index (χ3n) is 5.59. The summed E-state index contributed by atoms with van der Waals surface area (Å²) < 4.78 is 29.8. The van der Waals surface area contributed by atoms with Gasteiger partial charge < -0.3 is 9.47 Å². The Balaban J connectivity index is 1.68. The first kappa shape index (κ1) is 23.6. The molecule has 0 N–H and O–H groups in total. The molecule has 1 aliphatic heterocycles. The van der Waals surface area contributed by atoms with E-state index >= 15 is 0 Å². The van der Waals surface area contributed by atoms with Crippen LogP contribution >= 0.6 is 23.2 Å². The standard InChI is InChI=1S/C23H24Cl2N4O3S/c1-27-15-22(26-16-27)33(31,32)29(14-17-5-10-20(24)21(25)13-17)19-8-6-18(7-9-19)23(30)28-11-3-2-4-12-28/h5-10,13,15-16H,2-4,11-12,14H2,1H3. The Morgan fingerprint density at radius 3 is 2.33 bits per heavy atom. The molecule has 33 heavy (non-hydrogen) atoms. The highest BCUT2D eigenvalue weighted by Gasteiger charge is 2.28. The Bertz CT molecular complexity index is 1250. The lowest BCUT2D eigenvalue weighted by molar-refractivity contribution is 0.0724. The fourth-order valence-corrected chi connectivity index (χ4v) is 5.55. The first-order valence-corrected chi connectivity index (χ1v) is 12.8. The van der Waals surface area contributed by atoms with E-state index in [1.54, 1.807) is 54.1 Å². The quantitative estimate of drug-likeness (QED) is 0.483. The van der Waals surface area contributed by atoms with Crippen LogP contribution in [-0.2, 0) is 23.6 Å². The molecular formula is C23H24Cl2N4O3S. The molecular weight excluding hydrogens is 483 g/mol. The summed E-state index contributed by atoms with van der Waals surface area (Å²) in [7, 11) is -2.27. The molecule has 1 aliphatic rings. The summed E-state index contributed by atoms with van der Waals surface area (Å²) in [5.41, 5.74) is 1.62. The largest absolute Gasteiger partial charge is 0.339 e. The monoisotopic (exact) mass is 506 g/mol. The highest BCUT2D eigenvalue weighted by atomic mass is 35.5. The van der Waals surface area contributed by atoms with E-state index in [9.17, 15) is 13.2 Å². The highest BCUT2D eigenvalue weighted by molar-refractivity contribution is 7.92. The van der Waals surface area contributed by atoms with Crippen molar-refractivity contribution in [3.63, 3.8) is 0 Å². The fraction of sp³-hybridized carbons (Fsp3) is 0.304. The predicted octanol–water partition coefficient (Wildman–Crippen LogP) is 4.75. The van der Waals surface area contributed by atoms with E-state index in [1.807, 2.05) is 4.90 Å². The van der Waals surface area contributed by atoms with Crippen LogP contribution < -0.4 is 4.31 Å². The molecule has 1 aromatic heterocycles. The number of carbonyl (C=O) groups is 1. The second-order valence-electron chi connectivity index (χ2n) is 8.04. The summed E-state index contributed by atoms with van der Waals surface area (Å²) in [4.78, 5) is 18.7. The van der Waals surface area contributed by atoms with Crippen molar-refractivity contribution in [2.75, 3.05) is 17.4 Å². The van der Waals surface area contributed by atoms with Crippen LogP contribution in [-0.4, -0.2) is 41.9 Å². The van der Waals surface area contributed by atoms with Crippen LogP contribution in [0.2, 0.25) is 10.0 Å². The van der Waals surface area contributed by atoms with Crippen molar-refractivity contribution >= 4 is 44.8 Å². The van der Waals surface area contributed by atoms with E-state index in [0.29, 0.717) is 26.9 Å². The lowest BCUT2D eigenvalue weighted by Crippen LogP contribution is -2.35. The van der Waals surface area contributed by atoms with Gasteiger partial charge in [-0.05, 0) is 61.2 Å². The average molecular weight is 507 g/mol. The summed E-state index contributed by atoms with van der Waals surface area (Å²) in [6.45, 7) is 1.52. The van der Waals surface area contributed by atoms with Gasteiger partial charge in [-0.25, -0.2) is 4.98 Å². The van der Waals surface area contributed by atoms with Gasteiger partial charge in [-0.2, -0.15) is 8.42 Å². The van der Waals surface area contributed by atoms with Gasteiger partial charge in [0.05, 0.1) is 28.6 Å². The average Bonchev–Trinajstić information content (AvgIpc) is 3.27. The number of aryl methyl sites for hydroxylation is 1. The van der Waals surface area contributed by atoms with Crippen LogP contribution in [0.1, 0.15) is 35.2 Å². The van der Waals surface area contributed by atoms with Crippen LogP contribution in [0, 0.1) is 0 Å². The number of rotatable bonds is 6. The molecule has 10 heteroatoms. The molecule has 1 fully saturated rings. The first-order chi connectivity index (χ1) is 15.8. The van der Waals surface area contributed by atoms with Crippen LogP contribution in [0.5, 0.6) is 0 Å². The smallest absolute Gasteiger partial charge is 0.283 e. The molecule has 0 unspecified atom stereocenters. The maximum absolute atomic E-state index is 13.5. The zero-order valence-corrected chi connectivity index (χ0v) is 20.4. The molecule has 1 saturated heterocycles. The van der Waals surface area contributed by atoms with E-state index < -0.39 is 10.0 Å². The maximum atomic E-state index is 13.5. The number of amides is 1. The van der Waals surface area contributed by atoms with Gasteiger partial charge in [0, 0.05) is 31.9 Å². The van der Waals surface area contributed by atoms with Crippen molar-refractivity contribution in [1.82, 2.24) is 14.5 Å². The first-order valence-electron chi connectivity index (χ1n) is 10.6. The molecule has 1 amide bonds. The zero-order chi connectivity index (χ0) is 23.6. The molecule has 2 aromatic carbocycles. The van der Waals surface area contributed by atoms with Crippen molar-refractivity contribution in [2.45, 2.75) is 30.8 Å². The molecule has 174 valence electrons. The Labute approximate surface area is 203 Å². The number of benzene rings is 2. The molecule has 0 aliphatic carbocycles. The molecule has 0 atom stereocenters. The minimum Gasteiger partial charge on any atom is -0.339 e. The van der Waals surface area contributed by atoms with Crippen LogP contribution in [0.3, 0.4) is 0 Å². The molecule has 7 nitrogen and oxygen atoms in total. The molecule has 0 bridgehead atoms. The normalized spacial score (nSPS) is 14.3. The van der Waals surface area contributed by atoms with E-state index in [2.05, 4.69) is 4.98 Å². The molecule has 0 saturated carbocycles. The summed E-state index contributed by atoms with van der Waals surface area (Å²) in [5.74, 6) is -0.0372. The van der Waals surface area contributed by atoms with Crippen molar-refractivity contribution in [1.29, 1.82) is 0 Å². The lowest BCUT2D eigenvalue weighted by atomic mass is 10.1. The molecule has 2 heterocycles. The minimum absolute atomic E-state index is 0.0230. The van der Waals surface area contributed by atoms with Gasteiger partial charge in [0.1, 0.15) is 0 Å². The summed E-state index contributed by atoms with van der Waals surface area (Å²) in [5, 5.41) is 0.658. The van der Waals surface area contributed by atoms with Crippen molar-refractivity contribution in [2.24, 2.45) is 7.05 Å². The number of likely N-dealkylation sites (tertiary alicyclic amines) is 1. The predicted molar refractivity (Wildman–Crippen MR) is 129 cm³/mol. The summed E-state index contributed by atoms with van der Waals surface area (Å²) in [6.07, 6.45) is 6.03. The van der Waals surface area contributed by atoms with Gasteiger partial charge in [0.15, 0.2) is 5.03 Å². The number of nitrogens with zero attached hydrogens (tertiary/aromatic N) is 4. The number of hydrogen-bond acceptors (Lipinski definition) is 4. The van der Waals surface area contributed by atoms with Gasteiger partial charge in [0.25, 0.3) is 15.9 Å². The molecule has 3 aromatic rings. The molecule has 0 spiro atoms. The van der Waals surface area contributed by atoms with Crippen LogP contribution in [0.25, 0.3) is 0 Å². The number of piperidine rings is 1. The Hall–Kier alpha value is -2.55. The minimum atomic E-state index is -3.98. The van der Waals surface area contributed by atoms with Crippen molar-refractivity contribution in [3.8, 4) is 0 Å². The third kappa shape index (κ3) is 5.18. The van der Waals surface area contributed by atoms with Crippen LogP contribution in [0.15, 0.2) is 60.0 Å². The third-order valence-corrected chi connectivity index (χ3v) is 7.99. The molecule has 4 rings (SSSR count). The van der Waals surface area contributed by atoms with E-state index in [1.165, 1.54) is 16.8 Å². The highest BCUT2D eigenvalue weighted by Crippen LogP contribution is 2.29. The number of halogens is 2. The van der Waals surface area contributed by atoms with E-state index in [0.717, 1.165) is 32.4 Å². The van der Waals surface area contributed by atoms with Crippen molar-refractivity contribution in [3.05, 3.63) is 76.2 Å². The number of anilines is 1. The number of aromatic nitrogens is 2. The van der Waals surface area contributed by atoms with Gasteiger partial charge in [-0.1, -0.05) is 29.3 Å². The fourth-order valence-electron chi connectivity index (χ4n) is 3.80. The Morgan fingerprint density at radius 2 is 1.73 bits per heavy atom. The second kappa shape index (κ2) is 9.75.